The zero-order valence-corrected chi connectivity index (χ0v) is 46.6. The Hall–Kier alpha value is -0.960. The van der Waals surface area contributed by atoms with Crippen LogP contribution in [-0.4, -0.2) is 260 Å². The molecule has 0 aromatic heterocycles. The van der Waals surface area contributed by atoms with Crippen molar-refractivity contribution < 1.29 is 119 Å². The highest BCUT2D eigenvalue weighted by molar-refractivity contribution is 5.10. The van der Waals surface area contributed by atoms with E-state index < -0.39 is 161 Å². The van der Waals surface area contributed by atoms with Crippen LogP contribution in [-0.2, 0) is 47.4 Å². The van der Waals surface area contributed by atoms with E-state index in [9.17, 15) is 71.5 Å². The van der Waals surface area contributed by atoms with Crippen LogP contribution >= 0.6 is 0 Å². The molecule has 11 unspecified atom stereocenters. The zero-order valence-electron chi connectivity index (χ0n) is 46.6. The van der Waals surface area contributed by atoms with Gasteiger partial charge in [0.15, 0.2) is 25.2 Å². The van der Waals surface area contributed by atoms with Gasteiger partial charge in [-0.2, -0.15) is 0 Å². The molecule has 0 aromatic rings. The minimum atomic E-state index is -1.86. The molecule has 24 nitrogen and oxygen atoms in total. The molecule has 0 spiro atoms. The molecule has 4 saturated carbocycles. The standard InChI is InChI=1S/C55H96O24/c1-26(30-10-11-31-29-9-8-27-17-28(70-5)12-14-54(27,3)32(29)13-15-55(30,31)4)7-6-16-71-23-53(2,25-73-51-46(69)43(66)48(38(22-59)77-51)79-52-44(67)41(64)40(63)36(20-57)75-52)24-72-50-45(68)42(65)47(37(21-58)76-50)78-49-34(61)18-33(60)39(62)35(19-56)74-49/h26-52,56-69H,6-25H2,1-5H3/t26-,27-,28-,29+,30-,31+,32+,33?,34?,35?,36?,37?,38?,39+,40-,41+,42-,43-,44?,45?,46?,47?,48-,49+,50-,51-,52-,53?,54+,55-/m1/s1. The first-order chi connectivity index (χ1) is 37.6. The Balaban J connectivity index is 0.901. The van der Waals surface area contributed by atoms with Gasteiger partial charge < -0.3 is 119 Å². The van der Waals surface area contributed by atoms with E-state index in [1.165, 1.54) is 51.4 Å². The average molecular weight is 1140 g/mol. The van der Waals surface area contributed by atoms with Gasteiger partial charge in [-0.05, 0) is 117 Å². The fraction of sp³-hybridized carbons (Fsp3) is 1.00. The molecule has 24 heteroatoms. The second kappa shape index (κ2) is 27.2. The molecule has 8 fully saturated rings. The summed E-state index contributed by atoms with van der Waals surface area (Å²) >= 11 is 0. The molecule has 79 heavy (non-hydrogen) atoms. The highest BCUT2D eigenvalue weighted by Gasteiger charge is 2.61. The number of hydrogen-bond acceptors (Lipinski definition) is 24. The Morgan fingerprint density at radius 3 is 1.66 bits per heavy atom. The summed E-state index contributed by atoms with van der Waals surface area (Å²) in [6.45, 7) is 5.86. The molecule has 0 bridgehead atoms. The summed E-state index contributed by atoms with van der Waals surface area (Å²) in [6, 6.07) is 0. The fourth-order valence-corrected chi connectivity index (χ4v) is 15.7. The molecule has 4 saturated heterocycles. The first-order valence-corrected chi connectivity index (χ1v) is 29.1. The van der Waals surface area contributed by atoms with E-state index in [-0.39, 0.29) is 25.2 Å². The molecule has 4 aliphatic carbocycles. The number of aliphatic hydroxyl groups excluding tert-OH is 14. The van der Waals surface area contributed by atoms with Gasteiger partial charge >= 0.3 is 0 Å². The summed E-state index contributed by atoms with van der Waals surface area (Å²) in [7, 11) is 1.86. The average Bonchev–Trinajstić information content (AvgIpc) is 3.98. The monoisotopic (exact) mass is 1140 g/mol. The van der Waals surface area contributed by atoms with Crippen molar-refractivity contribution >= 4 is 0 Å². The van der Waals surface area contributed by atoms with Crippen LogP contribution in [0.1, 0.15) is 105 Å². The van der Waals surface area contributed by atoms with Crippen LogP contribution in [0, 0.1) is 51.8 Å². The maximum absolute atomic E-state index is 11.4. The third-order valence-corrected chi connectivity index (χ3v) is 20.4. The van der Waals surface area contributed by atoms with Crippen LogP contribution in [0.15, 0.2) is 0 Å². The lowest BCUT2D eigenvalue weighted by Gasteiger charge is -2.61. The van der Waals surface area contributed by atoms with Crippen LogP contribution in [0.4, 0.5) is 0 Å². The van der Waals surface area contributed by atoms with Gasteiger partial charge in [0.2, 0.25) is 0 Å². The molecule has 460 valence electrons. The quantitative estimate of drug-likeness (QED) is 0.0510. The van der Waals surface area contributed by atoms with Crippen molar-refractivity contribution in [2.75, 3.05) is 60.0 Å². The summed E-state index contributed by atoms with van der Waals surface area (Å²) in [5.74, 6) is 4.05. The summed E-state index contributed by atoms with van der Waals surface area (Å²) in [4.78, 5) is 0. The maximum Gasteiger partial charge on any atom is 0.187 e. The molecule has 0 aromatic carbocycles. The molecule has 8 aliphatic rings. The number of ether oxygens (including phenoxy) is 10. The van der Waals surface area contributed by atoms with E-state index in [2.05, 4.69) is 20.8 Å². The Morgan fingerprint density at radius 1 is 0.532 bits per heavy atom. The van der Waals surface area contributed by atoms with E-state index in [1.807, 2.05) is 7.11 Å². The smallest absolute Gasteiger partial charge is 0.187 e. The topological polar surface area (TPSA) is 376 Å². The Morgan fingerprint density at radius 2 is 1.06 bits per heavy atom. The minimum Gasteiger partial charge on any atom is -0.394 e. The van der Waals surface area contributed by atoms with E-state index >= 15 is 0 Å². The Bertz CT molecular complexity index is 1870. The first-order valence-electron chi connectivity index (χ1n) is 29.1. The third kappa shape index (κ3) is 13.4. The van der Waals surface area contributed by atoms with Crippen LogP contribution < -0.4 is 0 Å². The number of methoxy groups -OCH3 is 1. The van der Waals surface area contributed by atoms with E-state index in [1.54, 1.807) is 6.92 Å². The van der Waals surface area contributed by atoms with Crippen molar-refractivity contribution in [3.63, 3.8) is 0 Å². The van der Waals surface area contributed by atoms with Gasteiger partial charge in [-0.3, -0.25) is 0 Å². The highest BCUT2D eigenvalue weighted by Crippen LogP contribution is 2.68. The van der Waals surface area contributed by atoms with Crippen LogP contribution in [0.3, 0.4) is 0 Å². The molecule has 30 atom stereocenters. The van der Waals surface area contributed by atoms with Crippen LogP contribution in [0.25, 0.3) is 0 Å². The Labute approximate surface area is 463 Å². The largest absolute Gasteiger partial charge is 0.394 e. The minimum absolute atomic E-state index is 0.0304. The molecule has 4 aliphatic heterocycles. The van der Waals surface area contributed by atoms with Gasteiger partial charge in [0.1, 0.15) is 91.6 Å². The van der Waals surface area contributed by atoms with Crippen LogP contribution in [0.2, 0.25) is 0 Å². The van der Waals surface area contributed by atoms with Crippen LogP contribution in [0.5, 0.6) is 0 Å². The lowest BCUT2D eigenvalue weighted by atomic mass is 9.44. The number of hydrogen-bond donors (Lipinski definition) is 14. The lowest BCUT2D eigenvalue weighted by Crippen LogP contribution is -2.64. The van der Waals surface area contributed by atoms with Gasteiger partial charge in [-0.15, -0.1) is 0 Å². The van der Waals surface area contributed by atoms with Gasteiger partial charge in [0.05, 0.1) is 58.5 Å². The highest BCUT2D eigenvalue weighted by atomic mass is 16.8. The lowest BCUT2D eigenvalue weighted by molar-refractivity contribution is -0.362. The molecule has 14 N–H and O–H groups in total. The zero-order chi connectivity index (χ0) is 57.3. The first kappa shape index (κ1) is 64.0. The normalized spacial score (nSPS) is 49.7. The predicted octanol–water partition coefficient (Wildman–Crippen LogP) is -2.23. The molecule has 4 heterocycles. The molecular weight excluding hydrogens is 1040 g/mol. The van der Waals surface area contributed by atoms with Gasteiger partial charge in [-0.25, -0.2) is 0 Å². The van der Waals surface area contributed by atoms with E-state index in [0.29, 0.717) is 30.0 Å². The fourth-order valence-electron chi connectivity index (χ4n) is 15.7. The molecular formula is C55H96O24. The summed E-state index contributed by atoms with van der Waals surface area (Å²) in [5.41, 5.74) is -0.500. The molecule has 8 rings (SSSR count). The second-order valence-electron chi connectivity index (χ2n) is 25.5. The summed E-state index contributed by atoms with van der Waals surface area (Å²) < 4.78 is 58.8. The summed E-state index contributed by atoms with van der Waals surface area (Å²) in [5, 5.41) is 148. The predicted molar refractivity (Wildman–Crippen MR) is 273 cm³/mol. The van der Waals surface area contributed by atoms with Gasteiger partial charge in [0.25, 0.3) is 0 Å². The van der Waals surface area contributed by atoms with Crippen molar-refractivity contribution in [1.29, 1.82) is 0 Å². The summed E-state index contributed by atoms with van der Waals surface area (Å²) in [6.07, 6.45) is -19.7. The van der Waals surface area contributed by atoms with E-state index in [0.717, 1.165) is 42.9 Å². The van der Waals surface area contributed by atoms with Crippen molar-refractivity contribution in [3.8, 4) is 0 Å². The van der Waals surface area contributed by atoms with Gasteiger partial charge in [0, 0.05) is 25.6 Å². The SMILES string of the molecule is CO[C@@H]1CC[C@@]2(C)[C@H](CC[C@@H]3[C@@H]2CC[C@]2(C)[C@@H]([C@H](C)CCCOCC(C)(CO[C@@H]4OC(CO)C(O[C@@H]5OC(CO)[C@@H](O)C(O)CC5O)[C@H](O)C4O)CO[C@@H]4OC(CO)[C@@H](O[C@H]5OC(CO)[C@@H](O)[C@H](O)C5O)[C@H](O)C4O)CC[C@@H]32)C1. The second-order valence-corrected chi connectivity index (χ2v) is 25.5. The third-order valence-electron chi connectivity index (χ3n) is 20.4. The van der Waals surface area contributed by atoms with Gasteiger partial charge in [-0.1, -0.05) is 27.7 Å². The van der Waals surface area contributed by atoms with E-state index in [4.69, 9.17) is 47.4 Å². The number of aliphatic hydroxyl groups is 14. The van der Waals surface area contributed by atoms with Crippen molar-refractivity contribution in [2.24, 2.45) is 51.8 Å². The number of rotatable bonds is 22. The van der Waals surface area contributed by atoms with Crippen molar-refractivity contribution in [2.45, 2.75) is 234 Å². The number of fused-ring (bicyclic) bond motifs is 5. The van der Waals surface area contributed by atoms with Crippen molar-refractivity contribution in [3.05, 3.63) is 0 Å². The molecule has 0 radical (unpaired) electrons. The maximum atomic E-state index is 11.4. The Kier molecular flexibility index (Phi) is 22.0. The molecule has 0 amide bonds. The van der Waals surface area contributed by atoms with Crippen molar-refractivity contribution in [1.82, 2.24) is 0 Å².